The smallest absolute Gasteiger partial charge is 0.350 e. The second-order valence-electron chi connectivity index (χ2n) is 7.76. The van der Waals surface area contributed by atoms with Gasteiger partial charge in [0, 0.05) is 26.2 Å². The summed E-state index contributed by atoms with van der Waals surface area (Å²) in [6.07, 6.45) is 0. The van der Waals surface area contributed by atoms with Gasteiger partial charge >= 0.3 is 5.97 Å². The van der Waals surface area contributed by atoms with Crippen molar-refractivity contribution in [2.75, 3.05) is 20.7 Å². The minimum Gasteiger partial charge on any atom is -0.462 e. The molecule has 170 valence electrons. The Balaban J connectivity index is 2.03. The van der Waals surface area contributed by atoms with E-state index < -0.39 is 0 Å². The van der Waals surface area contributed by atoms with Crippen molar-refractivity contribution in [3.63, 3.8) is 0 Å². The molecule has 1 aromatic carbocycles. The van der Waals surface area contributed by atoms with Crippen molar-refractivity contribution in [1.82, 2.24) is 20.5 Å². The lowest BCUT2D eigenvalue weighted by Gasteiger charge is -2.23. The SMILES string of the molecule is CCOC(=O)c1sc(C(C)NC(=NC)NCc2ccccc2CN(C)C(C)C)nc1C. The lowest BCUT2D eigenvalue weighted by atomic mass is 10.1. The number of ether oxygens (including phenoxy) is 1. The van der Waals surface area contributed by atoms with Gasteiger partial charge in [0.2, 0.25) is 0 Å². The van der Waals surface area contributed by atoms with Gasteiger partial charge in [-0.2, -0.15) is 0 Å². The van der Waals surface area contributed by atoms with Crippen molar-refractivity contribution in [2.24, 2.45) is 4.99 Å². The minimum absolute atomic E-state index is 0.0969. The van der Waals surface area contributed by atoms with Gasteiger partial charge in [-0.25, -0.2) is 9.78 Å². The number of nitrogens with zero attached hydrogens (tertiary/aromatic N) is 3. The number of aryl methyl sites for hydroxylation is 1. The first-order chi connectivity index (χ1) is 14.8. The Bertz CT molecular complexity index is 894. The highest BCUT2D eigenvalue weighted by Crippen LogP contribution is 2.24. The van der Waals surface area contributed by atoms with Gasteiger partial charge in [0.15, 0.2) is 5.96 Å². The number of carbonyl (C=O) groups excluding carboxylic acids is 1. The predicted molar refractivity (Wildman–Crippen MR) is 128 cm³/mol. The maximum atomic E-state index is 12.1. The van der Waals surface area contributed by atoms with Crippen LogP contribution in [0.25, 0.3) is 0 Å². The van der Waals surface area contributed by atoms with Gasteiger partial charge in [-0.3, -0.25) is 9.89 Å². The van der Waals surface area contributed by atoms with Crippen molar-refractivity contribution in [1.29, 1.82) is 0 Å². The van der Waals surface area contributed by atoms with Gasteiger partial charge < -0.3 is 15.4 Å². The van der Waals surface area contributed by atoms with Crippen LogP contribution in [0.4, 0.5) is 0 Å². The van der Waals surface area contributed by atoms with Crippen LogP contribution < -0.4 is 10.6 Å². The van der Waals surface area contributed by atoms with Crippen LogP contribution in [0.2, 0.25) is 0 Å². The van der Waals surface area contributed by atoms with Crippen LogP contribution in [0.5, 0.6) is 0 Å². The number of thiazole rings is 1. The highest BCUT2D eigenvalue weighted by molar-refractivity contribution is 7.13. The van der Waals surface area contributed by atoms with E-state index in [4.69, 9.17) is 4.74 Å². The summed E-state index contributed by atoms with van der Waals surface area (Å²) >= 11 is 1.36. The fourth-order valence-corrected chi connectivity index (χ4v) is 3.93. The second kappa shape index (κ2) is 11.8. The third-order valence-corrected chi connectivity index (χ3v) is 6.41. The summed E-state index contributed by atoms with van der Waals surface area (Å²) in [6, 6.07) is 8.84. The average molecular weight is 446 g/mol. The molecule has 0 saturated carbocycles. The molecule has 0 aliphatic carbocycles. The maximum absolute atomic E-state index is 12.1. The van der Waals surface area contributed by atoms with E-state index >= 15 is 0 Å². The van der Waals surface area contributed by atoms with Crippen LogP contribution in [0.1, 0.15) is 65.2 Å². The quantitative estimate of drug-likeness (QED) is 0.346. The van der Waals surface area contributed by atoms with E-state index in [-0.39, 0.29) is 12.0 Å². The Morgan fingerprint density at radius 3 is 2.55 bits per heavy atom. The van der Waals surface area contributed by atoms with E-state index in [2.05, 4.69) is 70.7 Å². The Morgan fingerprint density at radius 2 is 1.94 bits per heavy atom. The van der Waals surface area contributed by atoms with Crippen molar-refractivity contribution >= 4 is 23.3 Å². The van der Waals surface area contributed by atoms with Crippen molar-refractivity contribution in [3.05, 3.63) is 51.0 Å². The predicted octanol–water partition coefficient (Wildman–Crippen LogP) is 3.89. The molecule has 31 heavy (non-hydrogen) atoms. The van der Waals surface area contributed by atoms with E-state index in [0.29, 0.717) is 35.7 Å². The summed E-state index contributed by atoms with van der Waals surface area (Å²) in [7, 11) is 3.88. The number of aromatic nitrogens is 1. The zero-order valence-corrected chi connectivity index (χ0v) is 20.5. The van der Waals surface area contributed by atoms with E-state index in [0.717, 1.165) is 11.6 Å². The molecule has 1 atom stereocenters. The normalized spacial score (nSPS) is 12.9. The molecule has 0 aliphatic rings. The number of nitrogens with one attached hydrogen (secondary N) is 2. The number of aliphatic imine (C=N–C) groups is 1. The standard InChI is InChI=1S/C23H35N5O2S/c1-8-30-22(29)20-16(4)26-21(31-20)17(5)27-23(24-6)25-13-18-11-9-10-12-19(18)14-28(7)15(2)3/h9-12,15,17H,8,13-14H2,1-7H3,(H2,24,25,27). The maximum Gasteiger partial charge on any atom is 0.350 e. The second-order valence-corrected chi connectivity index (χ2v) is 8.79. The molecule has 1 unspecified atom stereocenters. The summed E-state index contributed by atoms with van der Waals surface area (Å²) in [6.45, 7) is 11.9. The van der Waals surface area contributed by atoms with E-state index in [1.165, 1.54) is 22.5 Å². The molecule has 1 aromatic heterocycles. The summed E-state index contributed by atoms with van der Waals surface area (Å²) in [5, 5.41) is 7.59. The molecule has 0 spiro atoms. The molecule has 7 nitrogen and oxygen atoms in total. The molecule has 2 aromatic rings. The zero-order chi connectivity index (χ0) is 23.0. The first-order valence-corrected chi connectivity index (χ1v) is 11.5. The van der Waals surface area contributed by atoms with Crippen LogP contribution in [0, 0.1) is 6.92 Å². The number of hydrogen-bond acceptors (Lipinski definition) is 6. The van der Waals surface area contributed by atoms with Gasteiger partial charge in [-0.05, 0) is 52.8 Å². The third kappa shape index (κ3) is 7.04. The summed E-state index contributed by atoms with van der Waals surface area (Å²) < 4.78 is 5.12. The van der Waals surface area contributed by atoms with Crippen LogP contribution >= 0.6 is 11.3 Å². The number of guanidine groups is 1. The van der Waals surface area contributed by atoms with E-state index in [9.17, 15) is 4.79 Å². The molecule has 0 amide bonds. The molecule has 8 heteroatoms. The molecule has 2 N–H and O–H groups in total. The largest absolute Gasteiger partial charge is 0.462 e. The fraction of sp³-hybridized carbons (Fsp3) is 0.522. The lowest BCUT2D eigenvalue weighted by molar-refractivity contribution is 0.0531. The molecule has 1 heterocycles. The summed E-state index contributed by atoms with van der Waals surface area (Å²) in [5.41, 5.74) is 3.22. The third-order valence-electron chi connectivity index (χ3n) is 5.09. The number of hydrogen-bond donors (Lipinski definition) is 2. The molecule has 0 fully saturated rings. The van der Waals surface area contributed by atoms with E-state index in [1.54, 1.807) is 14.0 Å². The van der Waals surface area contributed by atoms with Crippen molar-refractivity contribution in [2.45, 2.75) is 59.8 Å². The molecular weight excluding hydrogens is 410 g/mol. The van der Waals surface area contributed by atoms with Gasteiger partial charge in [0.05, 0.1) is 18.3 Å². The monoisotopic (exact) mass is 445 g/mol. The van der Waals surface area contributed by atoms with Crippen LogP contribution in [0.15, 0.2) is 29.3 Å². The summed E-state index contributed by atoms with van der Waals surface area (Å²) in [5.74, 6) is 0.367. The first-order valence-electron chi connectivity index (χ1n) is 10.6. The molecule has 0 aliphatic heterocycles. The Morgan fingerprint density at radius 1 is 1.26 bits per heavy atom. The van der Waals surface area contributed by atoms with E-state index in [1.807, 2.05) is 13.8 Å². The van der Waals surface area contributed by atoms with Gasteiger partial charge in [-0.1, -0.05) is 24.3 Å². The molecular formula is C23H35N5O2S. The van der Waals surface area contributed by atoms with Crippen molar-refractivity contribution < 1.29 is 9.53 Å². The first kappa shape index (κ1) is 24.8. The Kier molecular flexibility index (Phi) is 9.45. The fourth-order valence-electron chi connectivity index (χ4n) is 2.96. The Hall–Kier alpha value is -2.45. The highest BCUT2D eigenvalue weighted by Gasteiger charge is 2.20. The number of rotatable bonds is 9. The molecule has 0 radical (unpaired) electrons. The topological polar surface area (TPSA) is 78.8 Å². The Labute approximate surface area is 189 Å². The number of esters is 1. The average Bonchev–Trinajstić information content (AvgIpc) is 3.13. The summed E-state index contributed by atoms with van der Waals surface area (Å²) in [4.78, 5) is 23.8. The number of benzene rings is 1. The van der Waals surface area contributed by atoms with Crippen LogP contribution in [-0.2, 0) is 17.8 Å². The van der Waals surface area contributed by atoms with Gasteiger partial charge in [0.1, 0.15) is 9.88 Å². The zero-order valence-electron chi connectivity index (χ0n) is 19.7. The van der Waals surface area contributed by atoms with Gasteiger partial charge in [0.25, 0.3) is 0 Å². The highest BCUT2D eigenvalue weighted by atomic mass is 32.1. The van der Waals surface area contributed by atoms with Crippen molar-refractivity contribution in [3.8, 4) is 0 Å². The minimum atomic E-state index is -0.318. The molecule has 0 bridgehead atoms. The number of carbonyl (C=O) groups is 1. The lowest BCUT2D eigenvalue weighted by Crippen LogP contribution is -2.38. The van der Waals surface area contributed by atoms with Crippen LogP contribution in [-0.4, -0.2) is 48.6 Å². The molecule has 2 rings (SSSR count). The molecule has 0 saturated heterocycles. The van der Waals surface area contributed by atoms with Gasteiger partial charge in [-0.15, -0.1) is 11.3 Å². The van der Waals surface area contributed by atoms with Crippen LogP contribution in [0.3, 0.4) is 0 Å².